The van der Waals surface area contributed by atoms with Crippen molar-refractivity contribution < 1.29 is 13.9 Å². The van der Waals surface area contributed by atoms with Crippen molar-refractivity contribution in [1.82, 2.24) is 10.2 Å². The zero-order chi connectivity index (χ0) is 25.4. The Balaban J connectivity index is 1.66. The van der Waals surface area contributed by atoms with Crippen molar-refractivity contribution in [3.05, 3.63) is 80.1 Å². The highest BCUT2D eigenvalue weighted by Crippen LogP contribution is 2.42. The van der Waals surface area contributed by atoms with Crippen LogP contribution < -0.4 is 15.1 Å². The van der Waals surface area contributed by atoms with Gasteiger partial charge in [-0.15, -0.1) is 10.2 Å². The van der Waals surface area contributed by atoms with Crippen molar-refractivity contribution >= 4 is 33.3 Å². The van der Waals surface area contributed by atoms with E-state index in [4.69, 9.17) is 9.15 Å². The van der Waals surface area contributed by atoms with E-state index < -0.39 is 6.04 Å². The summed E-state index contributed by atoms with van der Waals surface area (Å²) in [6, 6.07) is 12.3. The van der Waals surface area contributed by atoms with Gasteiger partial charge in [-0.05, 0) is 55.5 Å². The van der Waals surface area contributed by atoms with Crippen LogP contribution in [0.4, 0.5) is 5.13 Å². The molecular weight excluding hydrogens is 474 g/mol. The molecule has 0 N–H and O–H groups in total. The molecule has 1 aliphatic heterocycles. The average Bonchev–Trinajstić information content (AvgIpc) is 3.42. The lowest BCUT2D eigenvalue weighted by Gasteiger charge is -2.22. The smallest absolute Gasteiger partial charge is 0.297 e. The molecule has 1 atom stereocenters. The van der Waals surface area contributed by atoms with Crippen molar-refractivity contribution in [2.75, 3.05) is 11.5 Å². The number of anilines is 1. The fourth-order valence-electron chi connectivity index (χ4n) is 4.44. The average molecular weight is 504 g/mol. The fourth-order valence-corrected chi connectivity index (χ4v) is 5.41. The van der Waals surface area contributed by atoms with E-state index in [0.29, 0.717) is 39.9 Å². The predicted octanol–water partition coefficient (Wildman–Crippen LogP) is 6.08. The molecule has 0 spiro atoms. The fraction of sp³-hybridized carbons (Fsp3) is 0.357. The summed E-state index contributed by atoms with van der Waals surface area (Å²) in [5.74, 6) is 0.887. The summed E-state index contributed by atoms with van der Waals surface area (Å²) in [5, 5.41) is 10.4. The quantitative estimate of drug-likeness (QED) is 0.290. The summed E-state index contributed by atoms with van der Waals surface area (Å²) in [4.78, 5) is 29.1. The second-order valence-electron chi connectivity index (χ2n) is 9.58. The Hall–Kier alpha value is -3.52. The minimum absolute atomic E-state index is 0.0553. The van der Waals surface area contributed by atoms with Crippen LogP contribution in [0.3, 0.4) is 0 Å². The first-order valence-electron chi connectivity index (χ1n) is 12.3. The minimum Gasteiger partial charge on any atom is -0.494 e. The van der Waals surface area contributed by atoms with Crippen LogP contribution in [0.5, 0.6) is 5.75 Å². The largest absolute Gasteiger partial charge is 0.494 e. The van der Waals surface area contributed by atoms with Crippen molar-refractivity contribution in [2.24, 2.45) is 5.92 Å². The summed E-state index contributed by atoms with van der Waals surface area (Å²) < 4.78 is 12.1. The molecule has 0 saturated heterocycles. The first kappa shape index (κ1) is 24.2. The van der Waals surface area contributed by atoms with E-state index in [2.05, 4.69) is 31.0 Å². The molecule has 36 heavy (non-hydrogen) atoms. The number of ether oxygens (including phenoxy) is 1. The van der Waals surface area contributed by atoms with Crippen LogP contribution in [0.25, 0.3) is 11.0 Å². The molecule has 1 unspecified atom stereocenters. The molecule has 186 valence electrons. The van der Waals surface area contributed by atoms with Gasteiger partial charge in [-0.3, -0.25) is 14.5 Å². The highest BCUT2D eigenvalue weighted by Gasteiger charge is 2.45. The van der Waals surface area contributed by atoms with Crippen LogP contribution in [-0.2, 0) is 6.42 Å². The van der Waals surface area contributed by atoms with Gasteiger partial charge in [0.2, 0.25) is 10.9 Å². The van der Waals surface area contributed by atoms with Gasteiger partial charge in [-0.25, -0.2) is 0 Å². The minimum atomic E-state index is -0.690. The van der Waals surface area contributed by atoms with Gasteiger partial charge in [0.25, 0.3) is 5.91 Å². The van der Waals surface area contributed by atoms with Crippen LogP contribution in [0.1, 0.15) is 71.9 Å². The molecule has 4 aromatic rings. The molecule has 2 aromatic heterocycles. The van der Waals surface area contributed by atoms with Gasteiger partial charge < -0.3 is 9.15 Å². The van der Waals surface area contributed by atoms with Gasteiger partial charge in [0.15, 0.2) is 5.43 Å². The first-order valence-corrected chi connectivity index (χ1v) is 13.1. The zero-order valence-corrected chi connectivity index (χ0v) is 21.7. The number of hydrogen-bond acceptors (Lipinski definition) is 7. The van der Waals surface area contributed by atoms with Crippen molar-refractivity contribution in [3.63, 3.8) is 0 Å². The second-order valence-corrected chi connectivity index (χ2v) is 10.6. The third-order valence-electron chi connectivity index (χ3n) is 6.29. The van der Waals surface area contributed by atoms with Crippen molar-refractivity contribution in [1.29, 1.82) is 0 Å². The summed E-state index contributed by atoms with van der Waals surface area (Å²) >= 11 is 1.37. The molecule has 0 bridgehead atoms. The number of hydrogen-bond donors (Lipinski definition) is 0. The van der Waals surface area contributed by atoms with Crippen LogP contribution in [0.15, 0.2) is 51.7 Å². The van der Waals surface area contributed by atoms with Crippen LogP contribution in [0, 0.1) is 12.8 Å². The molecule has 2 aromatic carbocycles. The number of aromatic nitrogens is 2. The maximum Gasteiger partial charge on any atom is 0.297 e. The Labute approximate surface area is 213 Å². The standard InChI is InChI=1S/C28H29N3O4S/c1-5-7-22-29-30-28(36-22)31-24(18-8-6-9-19(15-18)34-13-12-16(2)3)23-25(32)20-14-17(4)10-11-21(20)35-26(23)27(31)33/h6,8-11,14-16,24H,5,7,12-13H2,1-4H3. The van der Waals surface area contributed by atoms with Gasteiger partial charge in [-0.2, -0.15) is 0 Å². The van der Waals surface area contributed by atoms with E-state index in [-0.39, 0.29) is 17.1 Å². The molecular formula is C28H29N3O4S. The van der Waals surface area contributed by atoms with Gasteiger partial charge in [-0.1, -0.05) is 55.9 Å². The Morgan fingerprint density at radius 3 is 2.75 bits per heavy atom. The molecule has 5 rings (SSSR count). The van der Waals surface area contributed by atoms with Gasteiger partial charge in [0.1, 0.15) is 16.3 Å². The molecule has 0 saturated carbocycles. The maximum atomic E-state index is 13.8. The number of aryl methyl sites for hydroxylation is 2. The van der Waals surface area contributed by atoms with Crippen LogP contribution in [-0.4, -0.2) is 22.7 Å². The number of carbonyl (C=O) groups is 1. The lowest BCUT2D eigenvalue weighted by atomic mass is 9.98. The first-order chi connectivity index (χ1) is 17.4. The molecule has 8 heteroatoms. The van der Waals surface area contributed by atoms with Crippen molar-refractivity contribution in [2.45, 2.75) is 53.0 Å². The summed E-state index contributed by atoms with van der Waals surface area (Å²) in [7, 11) is 0. The van der Waals surface area contributed by atoms with Gasteiger partial charge in [0.05, 0.1) is 23.6 Å². The number of nitrogens with zero attached hydrogens (tertiary/aromatic N) is 3. The molecule has 3 heterocycles. The summed E-state index contributed by atoms with van der Waals surface area (Å²) in [6.45, 7) is 8.89. The number of rotatable bonds is 8. The topological polar surface area (TPSA) is 85.5 Å². The van der Waals surface area contributed by atoms with E-state index >= 15 is 0 Å². The molecule has 0 aliphatic carbocycles. The second kappa shape index (κ2) is 9.85. The maximum absolute atomic E-state index is 13.8. The van der Waals surface area contributed by atoms with E-state index in [9.17, 15) is 9.59 Å². The third-order valence-corrected chi connectivity index (χ3v) is 7.27. The Morgan fingerprint density at radius 1 is 1.14 bits per heavy atom. The third kappa shape index (κ3) is 4.41. The number of amides is 1. The predicted molar refractivity (Wildman–Crippen MR) is 141 cm³/mol. The number of fused-ring (bicyclic) bond motifs is 2. The SMILES string of the molecule is CCCc1nnc(N2C(=O)c3oc4ccc(C)cc4c(=O)c3C2c2cccc(OCCC(C)C)c2)s1. The summed E-state index contributed by atoms with van der Waals surface area (Å²) in [6.07, 6.45) is 2.63. The lowest BCUT2D eigenvalue weighted by molar-refractivity contribution is 0.0970. The van der Waals surface area contributed by atoms with E-state index in [0.717, 1.165) is 35.4 Å². The highest BCUT2D eigenvalue weighted by atomic mass is 32.1. The molecule has 0 radical (unpaired) electrons. The normalized spacial score (nSPS) is 15.2. The van der Waals surface area contributed by atoms with Gasteiger partial charge >= 0.3 is 0 Å². The van der Waals surface area contributed by atoms with E-state index in [1.807, 2.05) is 37.3 Å². The number of carbonyl (C=O) groups excluding carboxylic acids is 1. The van der Waals surface area contributed by atoms with Gasteiger partial charge in [0, 0.05) is 6.42 Å². The van der Waals surface area contributed by atoms with E-state index in [1.165, 1.54) is 11.3 Å². The molecule has 7 nitrogen and oxygen atoms in total. The molecule has 1 amide bonds. The van der Waals surface area contributed by atoms with Crippen LogP contribution >= 0.6 is 11.3 Å². The lowest BCUT2D eigenvalue weighted by Crippen LogP contribution is -2.29. The zero-order valence-electron chi connectivity index (χ0n) is 20.9. The summed E-state index contributed by atoms with van der Waals surface area (Å²) in [5.41, 5.74) is 2.22. The Morgan fingerprint density at radius 2 is 1.97 bits per heavy atom. The molecule has 1 aliphatic rings. The van der Waals surface area contributed by atoms with E-state index in [1.54, 1.807) is 17.0 Å². The molecule has 0 fully saturated rings. The highest BCUT2D eigenvalue weighted by molar-refractivity contribution is 7.15. The van der Waals surface area contributed by atoms with Crippen molar-refractivity contribution in [3.8, 4) is 5.75 Å². The number of benzene rings is 2. The monoisotopic (exact) mass is 503 g/mol. The van der Waals surface area contributed by atoms with Crippen LogP contribution in [0.2, 0.25) is 0 Å². The Bertz CT molecular complexity index is 1490. The Kier molecular flexibility index (Phi) is 6.62.